The Kier molecular flexibility index (Phi) is 12.2. The first-order valence-electron chi connectivity index (χ1n) is 2.56. The van der Waals surface area contributed by atoms with E-state index in [1.54, 1.807) is 0 Å². The summed E-state index contributed by atoms with van der Waals surface area (Å²) < 4.78 is 0. The largest absolute Gasteiger partial charge is 0.388 e. The molecule has 3 N–H and O–H groups in total. The monoisotopic (exact) mass is 114 g/mol. The zero-order chi connectivity index (χ0) is 6.99. The Morgan fingerprint density at radius 3 is 2.00 bits per heavy atom. The maximum absolute atomic E-state index is 6.28. The van der Waals surface area contributed by atoms with Crippen LogP contribution >= 0.6 is 0 Å². The molecule has 0 aliphatic carbocycles. The molecule has 0 aromatic carbocycles. The Morgan fingerprint density at radius 2 is 2.00 bits per heavy atom. The molecule has 0 aliphatic rings. The van der Waals surface area contributed by atoms with Crippen LogP contribution in [0.25, 0.3) is 0 Å². The van der Waals surface area contributed by atoms with Gasteiger partial charge in [-0.15, -0.1) is 6.58 Å². The Morgan fingerprint density at radius 1 is 1.88 bits per heavy atom. The van der Waals surface area contributed by atoms with Gasteiger partial charge in [0.1, 0.15) is 0 Å². The molecule has 2 nitrogen and oxygen atoms in total. The molecular formula is C6H14N2. The fourth-order valence-electron chi connectivity index (χ4n) is 0. The number of hydrogen-bond donors (Lipinski definition) is 2. The highest BCUT2D eigenvalue weighted by molar-refractivity contribution is 5.73. The second-order valence-corrected chi connectivity index (χ2v) is 1.38. The van der Waals surface area contributed by atoms with Gasteiger partial charge in [0.2, 0.25) is 0 Å². The second kappa shape index (κ2) is 9.51. The van der Waals surface area contributed by atoms with Gasteiger partial charge in [0.05, 0.1) is 5.84 Å². The van der Waals surface area contributed by atoms with E-state index in [1.807, 2.05) is 6.08 Å². The molecule has 0 bridgehead atoms. The highest BCUT2D eigenvalue weighted by Gasteiger charge is 1.53. The average molecular weight is 114 g/mol. The highest BCUT2D eigenvalue weighted by atomic mass is 14.7. The summed E-state index contributed by atoms with van der Waals surface area (Å²) in [5, 5.41) is 6.28. The lowest BCUT2D eigenvalue weighted by Gasteiger charge is -1.66. The van der Waals surface area contributed by atoms with Crippen LogP contribution in [-0.4, -0.2) is 5.84 Å². The van der Waals surface area contributed by atoms with Gasteiger partial charge in [-0.2, -0.15) is 0 Å². The van der Waals surface area contributed by atoms with Gasteiger partial charge in [-0.3, -0.25) is 5.41 Å². The van der Waals surface area contributed by atoms with Crippen LogP contribution in [0.15, 0.2) is 12.7 Å². The van der Waals surface area contributed by atoms with Crippen LogP contribution in [0.5, 0.6) is 0 Å². The van der Waals surface area contributed by atoms with Gasteiger partial charge in [0.15, 0.2) is 0 Å². The summed E-state index contributed by atoms with van der Waals surface area (Å²) in [6.45, 7) is 7.07. The normalized spacial score (nSPS) is 6.25. The summed E-state index contributed by atoms with van der Waals surface area (Å²) in [6, 6.07) is 0. The van der Waals surface area contributed by atoms with Crippen LogP contribution in [0.4, 0.5) is 0 Å². The zero-order valence-electron chi connectivity index (χ0n) is 5.57. The number of nitrogens with two attached hydrogens (primary N) is 1. The predicted molar refractivity (Wildman–Crippen MR) is 38.1 cm³/mol. The Labute approximate surface area is 50.9 Å². The van der Waals surface area contributed by atoms with Crippen LogP contribution < -0.4 is 5.73 Å². The number of amidine groups is 1. The summed E-state index contributed by atoms with van der Waals surface area (Å²) in [5.41, 5.74) is 4.69. The van der Waals surface area contributed by atoms with Crippen molar-refractivity contribution in [3.05, 3.63) is 12.7 Å². The third-order valence-electron chi connectivity index (χ3n) is 0.289. The number of nitrogens with one attached hydrogen (secondary N) is 1. The molecule has 0 unspecified atom stereocenters. The van der Waals surface area contributed by atoms with E-state index in [0.29, 0.717) is 0 Å². The van der Waals surface area contributed by atoms with Crippen molar-refractivity contribution >= 4 is 5.84 Å². The summed E-state index contributed by atoms with van der Waals surface area (Å²) in [4.78, 5) is 0. The van der Waals surface area contributed by atoms with E-state index in [9.17, 15) is 0 Å². The maximum Gasteiger partial charge on any atom is 0.0873 e. The summed E-state index contributed by atoms with van der Waals surface area (Å²) in [6.07, 6.45) is 2.96. The Hall–Kier alpha value is -0.790. The van der Waals surface area contributed by atoms with Crippen molar-refractivity contribution in [1.29, 1.82) is 5.41 Å². The van der Waals surface area contributed by atoms with Crippen molar-refractivity contribution in [2.75, 3.05) is 0 Å². The zero-order valence-corrected chi connectivity index (χ0v) is 5.57. The van der Waals surface area contributed by atoms with E-state index in [-0.39, 0.29) is 5.84 Å². The molecule has 0 aliphatic heterocycles. The third kappa shape index (κ3) is 2090. The molecule has 0 aromatic rings. The molecule has 0 radical (unpaired) electrons. The molecule has 0 saturated heterocycles. The molecule has 0 fully saturated rings. The first kappa shape index (κ1) is 10.2. The number of hydrogen-bond acceptors (Lipinski definition) is 1. The van der Waals surface area contributed by atoms with Crippen molar-refractivity contribution in [1.82, 2.24) is 0 Å². The topological polar surface area (TPSA) is 49.9 Å². The fraction of sp³-hybridized carbons (Fsp3) is 0.500. The minimum absolute atomic E-state index is 0.167. The smallest absolute Gasteiger partial charge is 0.0873 e. The van der Waals surface area contributed by atoms with Crippen molar-refractivity contribution in [2.24, 2.45) is 5.73 Å². The van der Waals surface area contributed by atoms with Crippen LogP contribution in [0.3, 0.4) is 0 Å². The maximum atomic E-state index is 6.28. The van der Waals surface area contributed by atoms with Crippen molar-refractivity contribution in [2.45, 2.75) is 20.3 Å². The Balaban J connectivity index is 0. The van der Waals surface area contributed by atoms with Gasteiger partial charge >= 0.3 is 0 Å². The van der Waals surface area contributed by atoms with Gasteiger partial charge in [0, 0.05) is 0 Å². The van der Waals surface area contributed by atoms with E-state index in [2.05, 4.69) is 13.5 Å². The fourth-order valence-corrected chi connectivity index (χ4v) is 0. The molecule has 0 spiro atoms. The van der Waals surface area contributed by atoms with Crippen molar-refractivity contribution < 1.29 is 0 Å². The molecule has 0 amide bonds. The molecule has 0 saturated carbocycles. The predicted octanol–water partition coefficient (Wildman–Crippen LogP) is 1.52. The van der Waals surface area contributed by atoms with E-state index in [4.69, 9.17) is 11.1 Å². The minimum Gasteiger partial charge on any atom is -0.388 e. The molecule has 8 heavy (non-hydrogen) atoms. The third-order valence-corrected chi connectivity index (χ3v) is 0.289. The van der Waals surface area contributed by atoms with Gasteiger partial charge < -0.3 is 5.73 Å². The molecule has 0 heterocycles. The summed E-state index contributed by atoms with van der Waals surface area (Å²) >= 11 is 0. The summed E-state index contributed by atoms with van der Waals surface area (Å²) in [5.74, 6) is 0.167. The lowest BCUT2D eigenvalue weighted by molar-refractivity contribution is 1.23. The van der Waals surface area contributed by atoms with E-state index < -0.39 is 0 Å². The molecule has 48 valence electrons. The van der Waals surface area contributed by atoms with Crippen LogP contribution in [-0.2, 0) is 0 Å². The molecule has 0 atom stereocenters. The van der Waals surface area contributed by atoms with Gasteiger partial charge in [-0.1, -0.05) is 13.0 Å². The van der Waals surface area contributed by atoms with E-state index in [0.717, 1.165) is 6.42 Å². The standard InChI is InChI=1S/C4H8.C2H6N2/c1-3-4-2;1-2(3)4/h3H,1,4H2,2H3;1H3,(H3,3,4). The average Bonchev–Trinajstić information content (AvgIpc) is 1.65. The number of allylic oxidation sites excluding steroid dienone is 1. The first-order valence-corrected chi connectivity index (χ1v) is 2.56. The lowest BCUT2D eigenvalue weighted by Crippen LogP contribution is -2.00. The summed E-state index contributed by atoms with van der Waals surface area (Å²) in [7, 11) is 0. The molecule has 2 heteroatoms. The van der Waals surface area contributed by atoms with E-state index >= 15 is 0 Å². The van der Waals surface area contributed by atoms with Crippen molar-refractivity contribution in [3.63, 3.8) is 0 Å². The van der Waals surface area contributed by atoms with Gasteiger partial charge in [0.25, 0.3) is 0 Å². The lowest BCUT2D eigenvalue weighted by atomic mass is 10.5. The molecular weight excluding hydrogens is 100 g/mol. The molecule has 0 rings (SSSR count). The van der Waals surface area contributed by atoms with Crippen LogP contribution in [0, 0.1) is 5.41 Å². The SMILES string of the molecule is C=CCC.CC(=N)N. The van der Waals surface area contributed by atoms with Crippen molar-refractivity contribution in [3.8, 4) is 0 Å². The minimum atomic E-state index is 0.167. The van der Waals surface area contributed by atoms with Gasteiger partial charge in [-0.05, 0) is 13.3 Å². The van der Waals surface area contributed by atoms with Crippen LogP contribution in [0.2, 0.25) is 0 Å². The Bertz CT molecular complexity index is 62.9. The highest BCUT2D eigenvalue weighted by Crippen LogP contribution is 1.66. The molecule has 0 aromatic heterocycles. The van der Waals surface area contributed by atoms with Crippen LogP contribution in [0.1, 0.15) is 20.3 Å². The number of rotatable bonds is 1. The second-order valence-electron chi connectivity index (χ2n) is 1.38. The quantitative estimate of drug-likeness (QED) is 0.303. The first-order chi connectivity index (χ1) is 3.65. The van der Waals surface area contributed by atoms with Gasteiger partial charge in [-0.25, -0.2) is 0 Å². The van der Waals surface area contributed by atoms with E-state index in [1.165, 1.54) is 6.92 Å².